The predicted octanol–water partition coefficient (Wildman–Crippen LogP) is 1.45. The summed E-state index contributed by atoms with van der Waals surface area (Å²) in [5, 5.41) is 18.3. The average Bonchev–Trinajstić information content (AvgIpc) is 2.42. The van der Waals surface area contributed by atoms with Gasteiger partial charge in [-0.2, -0.15) is 5.26 Å². The molecule has 0 unspecified atom stereocenters. The molecule has 0 aliphatic carbocycles. The van der Waals surface area contributed by atoms with Crippen LogP contribution in [0.5, 0.6) is 0 Å². The Hall–Kier alpha value is -1.41. The van der Waals surface area contributed by atoms with Crippen LogP contribution >= 0.6 is 0 Å². The first kappa shape index (κ1) is 15.0. The van der Waals surface area contributed by atoms with Gasteiger partial charge in [0.25, 0.3) is 0 Å². The van der Waals surface area contributed by atoms with E-state index < -0.39 is 0 Å². The van der Waals surface area contributed by atoms with Crippen LogP contribution in [0.2, 0.25) is 0 Å². The van der Waals surface area contributed by atoms with E-state index in [1.165, 1.54) is 5.56 Å². The number of rotatable bonds is 4. The molecule has 2 atom stereocenters. The van der Waals surface area contributed by atoms with Gasteiger partial charge in [-0.15, -0.1) is 0 Å². The zero-order valence-corrected chi connectivity index (χ0v) is 12.3. The fourth-order valence-corrected chi connectivity index (χ4v) is 2.77. The molecule has 0 saturated carbocycles. The third-order valence-corrected chi connectivity index (χ3v) is 3.84. The van der Waals surface area contributed by atoms with Gasteiger partial charge >= 0.3 is 0 Å². The van der Waals surface area contributed by atoms with Crippen LogP contribution < -0.4 is 0 Å². The van der Waals surface area contributed by atoms with Crippen molar-refractivity contribution in [2.24, 2.45) is 0 Å². The van der Waals surface area contributed by atoms with Crippen LogP contribution in [0.15, 0.2) is 24.3 Å². The van der Waals surface area contributed by atoms with Gasteiger partial charge in [0.15, 0.2) is 0 Å². The Bertz CT molecular complexity index is 464. The number of aliphatic hydroxyl groups is 1. The third-order valence-electron chi connectivity index (χ3n) is 3.84. The minimum Gasteiger partial charge on any atom is -0.392 e. The summed E-state index contributed by atoms with van der Waals surface area (Å²) in [6.45, 7) is 8.79. The van der Waals surface area contributed by atoms with E-state index in [4.69, 9.17) is 5.26 Å². The molecule has 4 heteroatoms. The maximum atomic E-state index is 9.49. The summed E-state index contributed by atoms with van der Waals surface area (Å²) >= 11 is 0. The van der Waals surface area contributed by atoms with Gasteiger partial charge in [-0.3, -0.25) is 9.80 Å². The topological polar surface area (TPSA) is 50.5 Å². The summed E-state index contributed by atoms with van der Waals surface area (Å²) in [6.07, 6.45) is -0.262. The van der Waals surface area contributed by atoms with Crippen molar-refractivity contribution in [3.63, 3.8) is 0 Å². The zero-order valence-electron chi connectivity index (χ0n) is 12.3. The number of benzene rings is 1. The maximum Gasteiger partial charge on any atom is 0.0991 e. The lowest BCUT2D eigenvalue weighted by molar-refractivity contribution is 0.0423. The lowest BCUT2D eigenvalue weighted by Crippen LogP contribution is -2.53. The van der Waals surface area contributed by atoms with Gasteiger partial charge in [-0.05, 0) is 31.5 Å². The molecule has 1 aliphatic heterocycles. The van der Waals surface area contributed by atoms with Gasteiger partial charge in [0.1, 0.15) is 0 Å². The molecule has 1 aliphatic rings. The number of hydrogen-bond donors (Lipinski definition) is 1. The molecular formula is C16H23N3O. The molecule has 1 N–H and O–H groups in total. The molecule has 20 heavy (non-hydrogen) atoms. The van der Waals surface area contributed by atoms with Crippen molar-refractivity contribution in [2.75, 3.05) is 26.2 Å². The second-order valence-corrected chi connectivity index (χ2v) is 5.74. The van der Waals surface area contributed by atoms with Crippen molar-refractivity contribution in [3.8, 4) is 6.07 Å². The fourth-order valence-electron chi connectivity index (χ4n) is 2.77. The van der Waals surface area contributed by atoms with Gasteiger partial charge in [0.05, 0.1) is 17.7 Å². The predicted molar refractivity (Wildman–Crippen MR) is 79.1 cm³/mol. The Balaban J connectivity index is 1.88. The standard InChI is InChI=1S/C16H23N3O/c1-13-10-18(7-8-19(13)11-14(2)20)12-16-5-3-15(9-17)4-6-16/h3-6,13-14,20H,7-8,10-12H2,1-2H3/t13-,14+/m1/s1. The minimum atomic E-state index is -0.262. The highest BCUT2D eigenvalue weighted by Gasteiger charge is 2.24. The van der Waals surface area contributed by atoms with Crippen molar-refractivity contribution in [2.45, 2.75) is 32.5 Å². The van der Waals surface area contributed by atoms with Gasteiger partial charge < -0.3 is 5.11 Å². The van der Waals surface area contributed by atoms with Crippen molar-refractivity contribution < 1.29 is 5.11 Å². The Morgan fingerprint density at radius 2 is 2.05 bits per heavy atom. The molecule has 0 radical (unpaired) electrons. The van der Waals surface area contributed by atoms with E-state index in [2.05, 4.69) is 22.8 Å². The lowest BCUT2D eigenvalue weighted by atomic mass is 10.1. The molecule has 1 heterocycles. The molecule has 2 rings (SSSR count). The highest BCUT2D eigenvalue weighted by atomic mass is 16.3. The fraction of sp³-hybridized carbons (Fsp3) is 0.562. The van der Waals surface area contributed by atoms with Crippen LogP contribution in [-0.2, 0) is 6.54 Å². The average molecular weight is 273 g/mol. The Labute approximate surface area is 121 Å². The summed E-state index contributed by atoms with van der Waals surface area (Å²) in [4.78, 5) is 4.78. The normalized spacial score (nSPS) is 22.4. The second kappa shape index (κ2) is 6.85. The van der Waals surface area contributed by atoms with Crippen LogP contribution in [0.25, 0.3) is 0 Å². The number of nitriles is 1. The molecule has 0 amide bonds. The minimum absolute atomic E-state index is 0.262. The molecule has 108 valence electrons. The van der Waals surface area contributed by atoms with Crippen molar-refractivity contribution >= 4 is 0 Å². The molecule has 0 aromatic heterocycles. The molecule has 1 saturated heterocycles. The summed E-state index contributed by atoms with van der Waals surface area (Å²) in [5.41, 5.74) is 1.96. The number of nitrogens with zero attached hydrogens (tertiary/aromatic N) is 3. The molecular weight excluding hydrogens is 250 g/mol. The lowest BCUT2D eigenvalue weighted by Gasteiger charge is -2.40. The van der Waals surface area contributed by atoms with Crippen LogP contribution in [0.1, 0.15) is 25.0 Å². The Morgan fingerprint density at radius 1 is 1.35 bits per heavy atom. The summed E-state index contributed by atoms with van der Waals surface area (Å²) < 4.78 is 0. The SMILES string of the molecule is C[C@H](O)CN1CCN(Cc2ccc(C#N)cc2)C[C@H]1C. The molecule has 1 aromatic rings. The Morgan fingerprint density at radius 3 is 2.60 bits per heavy atom. The molecule has 1 aromatic carbocycles. The number of β-amino-alcohol motifs (C(OH)–C–C–N with tert-alkyl or cyclic N) is 1. The first-order valence-electron chi connectivity index (χ1n) is 7.22. The summed E-state index contributed by atoms with van der Waals surface area (Å²) in [5.74, 6) is 0. The maximum absolute atomic E-state index is 9.49. The Kier molecular flexibility index (Phi) is 5.13. The molecule has 4 nitrogen and oxygen atoms in total. The van der Waals surface area contributed by atoms with Gasteiger partial charge in [0, 0.05) is 38.8 Å². The van der Waals surface area contributed by atoms with Crippen molar-refractivity contribution in [3.05, 3.63) is 35.4 Å². The summed E-state index contributed by atoms with van der Waals surface area (Å²) in [7, 11) is 0. The van der Waals surface area contributed by atoms with Gasteiger partial charge in [0.2, 0.25) is 0 Å². The second-order valence-electron chi connectivity index (χ2n) is 5.74. The number of piperazine rings is 1. The van der Waals surface area contributed by atoms with E-state index in [-0.39, 0.29) is 6.10 Å². The van der Waals surface area contributed by atoms with E-state index >= 15 is 0 Å². The highest BCUT2D eigenvalue weighted by molar-refractivity contribution is 5.31. The third kappa shape index (κ3) is 4.04. The number of aliphatic hydroxyl groups excluding tert-OH is 1. The van der Waals surface area contributed by atoms with Crippen LogP contribution in [0, 0.1) is 11.3 Å². The van der Waals surface area contributed by atoms with Crippen LogP contribution in [0.3, 0.4) is 0 Å². The van der Waals surface area contributed by atoms with Gasteiger partial charge in [-0.25, -0.2) is 0 Å². The summed E-state index contributed by atoms with van der Waals surface area (Å²) in [6, 6.07) is 10.4. The smallest absolute Gasteiger partial charge is 0.0991 e. The van der Waals surface area contributed by atoms with Crippen LogP contribution in [0.4, 0.5) is 0 Å². The van der Waals surface area contributed by atoms with E-state index in [1.54, 1.807) is 0 Å². The largest absolute Gasteiger partial charge is 0.392 e. The van der Waals surface area contributed by atoms with E-state index in [0.29, 0.717) is 11.6 Å². The quantitative estimate of drug-likeness (QED) is 0.902. The van der Waals surface area contributed by atoms with Crippen molar-refractivity contribution in [1.29, 1.82) is 5.26 Å². The molecule has 0 bridgehead atoms. The van der Waals surface area contributed by atoms with Crippen molar-refractivity contribution in [1.82, 2.24) is 9.80 Å². The van der Waals surface area contributed by atoms with E-state index in [9.17, 15) is 5.11 Å². The van der Waals surface area contributed by atoms with E-state index in [0.717, 1.165) is 32.7 Å². The first-order chi connectivity index (χ1) is 9.58. The number of hydrogen-bond acceptors (Lipinski definition) is 4. The molecule has 1 fully saturated rings. The van der Waals surface area contributed by atoms with Crippen LogP contribution in [-0.4, -0.2) is 53.2 Å². The van der Waals surface area contributed by atoms with E-state index in [1.807, 2.05) is 31.2 Å². The highest BCUT2D eigenvalue weighted by Crippen LogP contribution is 2.14. The first-order valence-corrected chi connectivity index (χ1v) is 7.22. The van der Waals surface area contributed by atoms with Gasteiger partial charge in [-0.1, -0.05) is 12.1 Å². The molecule has 0 spiro atoms. The monoisotopic (exact) mass is 273 g/mol. The zero-order chi connectivity index (χ0) is 14.5.